The van der Waals surface area contributed by atoms with Gasteiger partial charge >= 0.3 is 18.3 Å². The van der Waals surface area contributed by atoms with Gasteiger partial charge in [-0.2, -0.15) is 36.5 Å². The molecule has 18 heteroatoms. The van der Waals surface area contributed by atoms with Crippen molar-refractivity contribution in [1.82, 2.24) is 24.9 Å². The highest BCUT2D eigenvalue weighted by atomic mass is 35.5. The number of carboxylic acid groups (broad SMARTS) is 1. The van der Waals surface area contributed by atoms with Crippen molar-refractivity contribution in [3.63, 3.8) is 0 Å². The Labute approximate surface area is 423 Å². The quantitative estimate of drug-likeness (QED) is 0.0805. The van der Waals surface area contributed by atoms with Gasteiger partial charge in [0.2, 0.25) is 0 Å². The SMILES string of the molecule is CC1(C)CC(c2ccccc2)Nc2c(C(=O)O)cnn21.CCC(CC)(NC(=O)c1cnn2c1NC(c1ccccc1)CC2(C)C)c1ccc(C(F)(F)F)cc1.CCC(N)(CC)c1ccc(C(F)(F)F)cc1.Cl. The Morgan fingerprint density at radius 3 is 1.33 bits per heavy atom. The number of halogens is 7. The number of carbonyl (C=O) groups is 2. The molecule has 2 aliphatic heterocycles. The summed E-state index contributed by atoms with van der Waals surface area (Å²) >= 11 is 0. The Morgan fingerprint density at radius 1 is 0.611 bits per heavy atom. The number of hydrogen-bond donors (Lipinski definition) is 5. The molecule has 72 heavy (non-hydrogen) atoms. The monoisotopic (exact) mass is 1020 g/mol. The predicted molar refractivity (Wildman–Crippen MR) is 271 cm³/mol. The van der Waals surface area contributed by atoms with Gasteiger partial charge in [-0.3, -0.25) is 4.79 Å². The number of rotatable bonds is 11. The number of anilines is 2. The van der Waals surface area contributed by atoms with Crippen molar-refractivity contribution in [1.29, 1.82) is 0 Å². The molecule has 2 aromatic heterocycles. The van der Waals surface area contributed by atoms with Crippen LogP contribution in [0, 0.1) is 0 Å². The largest absolute Gasteiger partial charge is 0.477 e. The molecule has 0 saturated carbocycles. The number of aromatic nitrogens is 4. The first-order chi connectivity index (χ1) is 33.3. The molecule has 1 amide bonds. The third kappa shape index (κ3) is 12.3. The molecule has 4 aromatic carbocycles. The maximum absolute atomic E-state index is 13.6. The summed E-state index contributed by atoms with van der Waals surface area (Å²) in [6.45, 7) is 16.0. The number of hydrogen-bond acceptors (Lipinski definition) is 7. The van der Waals surface area contributed by atoms with Crippen molar-refractivity contribution in [3.05, 3.63) is 166 Å². The van der Waals surface area contributed by atoms with E-state index in [-0.39, 0.29) is 47.0 Å². The fourth-order valence-corrected chi connectivity index (χ4v) is 9.41. The molecule has 0 bridgehead atoms. The molecule has 0 spiro atoms. The van der Waals surface area contributed by atoms with E-state index in [1.165, 1.54) is 30.5 Å². The molecule has 0 saturated heterocycles. The molecule has 0 aliphatic carbocycles. The number of nitrogens with two attached hydrogens (primary N) is 1. The average molecular weight is 1020 g/mol. The number of fused-ring (bicyclic) bond motifs is 2. The van der Waals surface area contributed by atoms with Crippen LogP contribution in [0.5, 0.6) is 0 Å². The standard InChI is InChI=1S/C27H31F3N4O.C15H17N3O2.C12H16F3N.ClH/c1-5-26(6-2,19-12-14-20(15-13-19)27(28,29)30)33-24(35)21-17-31-34-23(21)32-22(16-25(34,3)4)18-10-8-7-9-11-18;1-15(2)8-12(10-6-4-3-5-7-10)17-13-11(14(19)20)9-16-18(13)15;1-3-11(16,4-2)9-5-7-10(8-6-9)12(13,14)15;/h7-15,17,22,32H,5-6,16H2,1-4H3,(H,33,35);3-7,9,12,17H,8H2,1-2H3,(H,19,20);5-8H,3-4,16H2,1-2H3;1H. The number of carbonyl (C=O) groups excluding carboxylic acids is 1. The molecule has 8 rings (SSSR count). The smallest absolute Gasteiger partial charge is 0.416 e. The highest BCUT2D eigenvalue weighted by Gasteiger charge is 2.40. The van der Waals surface area contributed by atoms with Crippen molar-refractivity contribution >= 4 is 35.9 Å². The second-order valence-corrected chi connectivity index (χ2v) is 19.4. The summed E-state index contributed by atoms with van der Waals surface area (Å²) in [5, 5.41) is 28.0. The Morgan fingerprint density at radius 2 is 0.972 bits per heavy atom. The van der Waals surface area contributed by atoms with Crippen LogP contribution in [0.15, 0.2) is 122 Å². The third-order valence-electron chi connectivity index (χ3n) is 14.0. The number of nitrogens with one attached hydrogen (secondary N) is 3. The van der Waals surface area contributed by atoms with E-state index in [4.69, 9.17) is 5.73 Å². The molecule has 2 unspecified atom stereocenters. The van der Waals surface area contributed by atoms with E-state index in [0.717, 1.165) is 53.8 Å². The van der Waals surface area contributed by atoms with Crippen molar-refractivity contribution in [2.45, 2.75) is 141 Å². The van der Waals surface area contributed by atoms with Crippen LogP contribution in [-0.4, -0.2) is 36.5 Å². The summed E-state index contributed by atoms with van der Waals surface area (Å²) in [7, 11) is 0. The summed E-state index contributed by atoms with van der Waals surface area (Å²) < 4.78 is 79.9. The predicted octanol–water partition coefficient (Wildman–Crippen LogP) is 13.6. The lowest BCUT2D eigenvalue weighted by Gasteiger charge is -2.38. The minimum atomic E-state index is -4.41. The number of alkyl halides is 6. The molecule has 2 atom stereocenters. The molecule has 0 fully saturated rings. The minimum absolute atomic E-state index is 0. The van der Waals surface area contributed by atoms with E-state index in [0.29, 0.717) is 48.4 Å². The van der Waals surface area contributed by atoms with Gasteiger partial charge in [-0.1, -0.05) is 113 Å². The van der Waals surface area contributed by atoms with E-state index in [1.807, 2.05) is 68.8 Å². The molecule has 6 N–H and O–H groups in total. The summed E-state index contributed by atoms with van der Waals surface area (Å²) in [5.74, 6) is -0.0427. The Bertz CT molecular complexity index is 2730. The second-order valence-electron chi connectivity index (χ2n) is 19.4. The van der Waals surface area contributed by atoms with Crippen LogP contribution in [0.4, 0.5) is 38.0 Å². The normalized spacial score (nSPS) is 16.9. The van der Waals surface area contributed by atoms with Gasteiger partial charge < -0.3 is 26.8 Å². The van der Waals surface area contributed by atoms with Gasteiger partial charge in [0.1, 0.15) is 22.8 Å². The highest BCUT2D eigenvalue weighted by molar-refractivity contribution is 5.99. The third-order valence-corrected chi connectivity index (χ3v) is 14.0. The number of aromatic carboxylic acids is 1. The first-order valence-corrected chi connectivity index (χ1v) is 23.8. The zero-order chi connectivity index (χ0) is 52.2. The van der Waals surface area contributed by atoms with Crippen LogP contribution in [0.25, 0.3) is 0 Å². The van der Waals surface area contributed by atoms with Gasteiger partial charge in [0, 0.05) is 5.54 Å². The topological polar surface area (TPSA) is 152 Å². The lowest BCUT2D eigenvalue weighted by atomic mass is 9.84. The minimum Gasteiger partial charge on any atom is -0.477 e. The van der Waals surface area contributed by atoms with Crippen LogP contribution in [0.3, 0.4) is 0 Å². The number of carboxylic acids is 1. The van der Waals surface area contributed by atoms with E-state index >= 15 is 0 Å². The van der Waals surface area contributed by atoms with Gasteiger partial charge in [0.15, 0.2) is 0 Å². The number of amides is 1. The van der Waals surface area contributed by atoms with Crippen LogP contribution >= 0.6 is 12.4 Å². The van der Waals surface area contributed by atoms with Crippen LogP contribution in [0.1, 0.15) is 160 Å². The van der Waals surface area contributed by atoms with E-state index in [2.05, 4.69) is 78.1 Å². The second kappa shape index (κ2) is 22.2. The zero-order valence-electron chi connectivity index (χ0n) is 41.8. The zero-order valence-corrected chi connectivity index (χ0v) is 42.6. The summed E-state index contributed by atoms with van der Waals surface area (Å²) in [5.41, 5.74) is 7.19. The van der Waals surface area contributed by atoms with Crippen LogP contribution < -0.4 is 21.7 Å². The van der Waals surface area contributed by atoms with Gasteiger partial charge in [-0.15, -0.1) is 12.4 Å². The molecule has 11 nitrogen and oxygen atoms in total. The number of benzene rings is 4. The Hall–Kier alpha value is -6.33. The lowest BCUT2D eigenvalue weighted by Crippen LogP contribution is -2.45. The summed E-state index contributed by atoms with van der Waals surface area (Å²) in [6.07, 6.45) is -1.61. The maximum atomic E-state index is 13.6. The fraction of sp³-hybridized carbons (Fsp3) is 0.407. The Balaban J connectivity index is 0.000000220. The van der Waals surface area contributed by atoms with E-state index in [9.17, 15) is 41.0 Å². The van der Waals surface area contributed by atoms with Gasteiger partial charge in [-0.25, -0.2) is 14.2 Å². The fourth-order valence-electron chi connectivity index (χ4n) is 9.41. The van der Waals surface area contributed by atoms with E-state index < -0.39 is 40.5 Å². The first-order valence-electron chi connectivity index (χ1n) is 23.8. The maximum Gasteiger partial charge on any atom is 0.416 e. The average Bonchev–Trinajstić information content (AvgIpc) is 4.00. The molecular formula is C54H65ClF6N8O3. The van der Waals surface area contributed by atoms with Gasteiger partial charge in [-0.05, 0) is 113 Å². The summed E-state index contributed by atoms with van der Waals surface area (Å²) in [4.78, 5) is 24.9. The molecule has 6 aromatic rings. The molecule has 0 radical (unpaired) electrons. The Kier molecular flexibility index (Phi) is 17.4. The molecule has 2 aliphatic rings. The van der Waals surface area contributed by atoms with Gasteiger partial charge in [0.05, 0.1) is 52.2 Å². The van der Waals surface area contributed by atoms with Crippen LogP contribution in [0.2, 0.25) is 0 Å². The van der Waals surface area contributed by atoms with Crippen molar-refractivity contribution in [3.8, 4) is 0 Å². The molecule has 4 heterocycles. The number of nitrogens with zero attached hydrogens (tertiary/aromatic N) is 4. The van der Waals surface area contributed by atoms with E-state index in [1.54, 1.807) is 10.9 Å². The van der Waals surface area contributed by atoms with Crippen LogP contribution in [-0.2, 0) is 34.5 Å². The molecular weight excluding hydrogens is 958 g/mol. The molecule has 388 valence electrons. The van der Waals surface area contributed by atoms with Crippen molar-refractivity contribution < 1.29 is 41.0 Å². The van der Waals surface area contributed by atoms with Gasteiger partial charge in [0.25, 0.3) is 5.91 Å². The van der Waals surface area contributed by atoms with Crippen molar-refractivity contribution in [2.75, 3.05) is 10.6 Å². The van der Waals surface area contributed by atoms with Crippen molar-refractivity contribution in [2.24, 2.45) is 5.73 Å². The highest BCUT2D eigenvalue weighted by Crippen LogP contribution is 2.42. The first kappa shape index (κ1) is 56.6. The lowest BCUT2D eigenvalue weighted by molar-refractivity contribution is -0.138. The summed E-state index contributed by atoms with van der Waals surface area (Å²) in [6, 6.07) is 30.4.